The SMILES string of the molecule is O=C(c1ccccc1)c1nnc(-c2ccccc2[N+](=O)[O-])o1. The summed E-state index contributed by atoms with van der Waals surface area (Å²) in [7, 11) is 0. The summed E-state index contributed by atoms with van der Waals surface area (Å²) in [5, 5.41) is 18.4. The van der Waals surface area contributed by atoms with Gasteiger partial charge in [-0.15, -0.1) is 10.2 Å². The molecule has 3 rings (SSSR count). The van der Waals surface area contributed by atoms with Gasteiger partial charge in [-0.3, -0.25) is 14.9 Å². The molecule has 0 bridgehead atoms. The van der Waals surface area contributed by atoms with Crippen molar-refractivity contribution in [2.24, 2.45) is 0 Å². The summed E-state index contributed by atoms with van der Waals surface area (Å²) < 4.78 is 5.30. The Balaban J connectivity index is 1.99. The highest BCUT2D eigenvalue weighted by molar-refractivity contribution is 6.05. The molecule has 1 aromatic heterocycles. The molecule has 0 fully saturated rings. The van der Waals surface area contributed by atoms with E-state index in [9.17, 15) is 14.9 Å². The summed E-state index contributed by atoms with van der Waals surface area (Å²) in [4.78, 5) is 22.6. The van der Waals surface area contributed by atoms with Crippen molar-refractivity contribution >= 4 is 11.5 Å². The third kappa shape index (κ3) is 2.47. The van der Waals surface area contributed by atoms with E-state index in [2.05, 4.69) is 10.2 Å². The van der Waals surface area contributed by atoms with Crippen LogP contribution in [0.1, 0.15) is 16.2 Å². The zero-order valence-electron chi connectivity index (χ0n) is 11.2. The van der Waals surface area contributed by atoms with E-state index in [1.54, 1.807) is 36.4 Å². The molecule has 0 atom stereocenters. The summed E-state index contributed by atoms with van der Waals surface area (Å²) in [6, 6.07) is 14.4. The summed E-state index contributed by atoms with van der Waals surface area (Å²) >= 11 is 0. The predicted octanol–water partition coefficient (Wildman–Crippen LogP) is 2.88. The molecule has 0 radical (unpaired) electrons. The second kappa shape index (κ2) is 5.57. The predicted molar refractivity (Wildman–Crippen MR) is 76.3 cm³/mol. The van der Waals surface area contributed by atoms with Gasteiger partial charge in [0.25, 0.3) is 17.5 Å². The van der Waals surface area contributed by atoms with Gasteiger partial charge in [0.2, 0.25) is 5.78 Å². The fourth-order valence-electron chi connectivity index (χ4n) is 1.95. The van der Waals surface area contributed by atoms with E-state index in [1.807, 2.05) is 0 Å². The molecule has 7 nitrogen and oxygen atoms in total. The Morgan fingerprint density at radius 3 is 2.41 bits per heavy atom. The van der Waals surface area contributed by atoms with Crippen molar-refractivity contribution in [3.05, 3.63) is 76.2 Å². The van der Waals surface area contributed by atoms with Gasteiger partial charge in [-0.2, -0.15) is 0 Å². The fraction of sp³-hybridized carbons (Fsp3) is 0. The third-order valence-electron chi connectivity index (χ3n) is 2.99. The molecule has 0 aliphatic carbocycles. The molecule has 0 aliphatic rings. The number of nitro benzene ring substituents is 1. The van der Waals surface area contributed by atoms with E-state index in [-0.39, 0.29) is 23.0 Å². The van der Waals surface area contributed by atoms with Crippen LogP contribution in [0.5, 0.6) is 0 Å². The first-order valence-electron chi connectivity index (χ1n) is 6.34. The highest BCUT2D eigenvalue weighted by Crippen LogP contribution is 2.28. The number of nitro groups is 1. The zero-order chi connectivity index (χ0) is 15.5. The molecule has 0 spiro atoms. The van der Waals surface area contributed by atoms with Gasteiger partial charge in [0.05, 0.1) is 4.92 Å². The van der Waals surface area contributed by atoms with Crippen LogP contribution < -0.4 is 0 Å². The third-order valence-corrected chi connectivity index (χ3v) is 2.99. The molecule has 0 amide bonds. The molecular weight excluding hydrogens is 286 g/mol. The lowest BCUT2D eigenvalue weighted by Gasteiger charge is -1.97. The zero-order valence-corrected chi connectivity index (χ0v) is 11.2. The Bertz CT molecular complexity index is 843. The van der Waals surface area contributed by atoms with Crippen LogP contribution >= 0.6 is 0 Å². The topological polar surface area (TPSA) is 99.1 Å². The number of ketones is 1. The monoisotopic (exact) mass is 295 g/mol. The van der Waals surface area contributed by atoms with Crippen LogP contribution in [-0.4, -0.2) is 20.9 Å². The lowest BCUT2D eigenvalue weighted by atomic mass is 10.1. The smallest absolute Gasteiger partial charge is 0.289 e. The van der Waals surface area contributed by atoms with Gasteiger partial charge in [0, 0.05) is 11.6 Å². The van der Waals surface area contributed by atoms with Crippen molar-refractivity contribution in [2.45, 2.75) is 0 Å². The van der Waals surface area contributed by atoms with Crippen molar-refractivity contribution < 1.29 is 14.1 Å². The van der Waals surface area contributed by atoms with E-state index in [4.69, 9.17) is 4.42 Å². The summed E-state index contributed by atoms with van der Waals surface area (Å²) in [5.41, 5.74) is 0.414. The first kappa shape index (κ1) is 13.6. The van der Waals surface area contributed by atoms with E-state index in [0.717, 1.165) is 0 Å². The standard InChI is InChI=1S/C15H9N3O4/c19-13(10-6-2-1-3-7-10)15-17-16-14(22-15)11-8-4-5-9-12(11)18(20)21/h1-9H. The van der Waals surface area contributed by atoms with Gasteiger partial charge in [0.15, 0.2) is 0 Å². The van der Waals surface area contributed by atoms with Gasteiger partial charge >= 0.3 is 0 Å². The number of rotatable bonds is 4. The van der Waals surface area contributed by atoms with Gasteiger partial charge in [-0.25, -0.2) is 0 Å². The Kier molecular flexibility index (Phi) is 3.45. The molecule has 3 aromatic rings. The maximum atomic E-state index is 12.2. The molecule has 0 unspecified atom stereocenters. The first-order valence-corrected chi connectivity index (χ1v) is 6.34. The highest BCUT2D eigenvalue weighted by Gasteiger charge is 2.22. The van der Waals surface area contributed by atoms with Crippen LogP contribution in [-0.2, 0) is 0 Å². The number of carbonyl (C=O) groups is 1. The second-order valence-electron chi connectivity index (χ2n) is 4.38. The largest absolute Gasteiger partial charge is 0.413 e. The quantitative estimate of drug-likeness (QED) is 0.417. The molecule has 0 saturated carbocycles. The minimum absolute atomic E-state index is 0.0634. The van der Waals surface area contributed by atoms with Crippen molar-refractivity contribution in [3.8, 4) is 11.5 Å². The molecule has 0 aliphatic heterocycles. The summed E-state index contributed by atoms with van der Waals surface area (Å²) in [5.74, 6) is -0.705. The lowest BCUT2D eigenvalue weighted by Crippen LogP contribution is -2.00. The Morgan fingerprint density at radius 2 is 1.68 bits per heavy atom. The minimum atomic E-state index is -0.543. The van der Waals surface area contributed by atoms with Crippen molar-refractivity contribution in [1.29, 1.82) is 0 Å². The van der Waals surface area contributed by atoms with Gasteiger partial charge in [-0.1, -0.05) is 42.5 Å². The maximum absolute atomic E-state index is 12.2. The van der Waals surface area contributed by atoms with E-state index in [0.29, 0.717) is 5.56 Å². The summed E-state index contributed by atoms with van der Waals surface area (Å²) in [6.45, 7) is 0. The Hall–Kier alpha value is -3.35. The van der Waals surface area contributed by atoms with Gasteiger partial charge in [0.1, 0.15) is 5.56 Å². The minimum Gasteiger partial charge on any atom is -0.413 e. The van der Waals surface area contributed by atoms with E-state index >= 15 is 0 Å². The number of hydrogen-bond acceptors (Lipinski definition) is 6. The molecule has 1 heterocycles. The highest BCUT2D eigenvalue weighted by atomic mass is 16.6. The van der Waals surface area contributed by atoms with Crippen molar-refractivity contribution in [1.82, 2.24) is 10.2 Å². The number of nitrogens with zero attached hydrogens (tertiary/aromatic N) is 3. The van der Waals surface area contributed by atoms with Crippen LogP contribution in [0.3, 0.4) is 0 Å². The maximum Gasteiger partial charge on any atom is 0.289 e. The van der Waals surface area contributed by atoms with Crippen LogP contribution in [0, 0.1) is 10.1 Å². The van der Waals surface area contributed by atoms with Crippen LogP contribution in [0.25, 0.3) is 11.5 Å². The molecule has 7 heteroatoms. The van der Waals surface area contributed by atoms with Crippen LogP contribution in [0.15, 0.2) is 59.0 Å². The van der Waals surface area contributed by atoms with Crippen LogP contribution in [0.4, 0.5) is 5.69 Å². The van der Waals surface area contributed by atoms with Crippen molar-refractivity contribution in [2.75, 3.05) is 0 Å². The van der Waals surface area contributed by atoms with Crippen molar-refractivity contribution in [3.63, 3.8) is 0 Å². The molecule has 2 aromatic carbocycles. The molecule has 0 N–H and O–H groups in total. The average Bonchev–Trinajstić information content (AvgIpc) is 3.04. The molecule has 22 heavy (non-hydrogen) atoms. The number of para-hydroxylation sites is 1. The van der Waals surface area contributed by atoms with E-state index in [1.165, 1.54) is 18.2 Å². The second-order valence-corrected chi connectivity index (χ2v) is 4.38. The van der Waals surface area contributed by atoms with Gasteiger partial charge < -0.3 is 4.42 Å². The molecular formula is C15H9N3O4. The number of hydrogen-bond donors (Lipinski definition) is 0. The molecule has 108 valence electrons. The Labute approximate surface area is 124 Å². The van der Waals surface area contributed by atoms with Gasteiger partial charge in [-0.05, 0) is 6.07 Å². The first-order chi connectivity index (χ1) is 10.7. The fourth-order valence-corrected chi connectivity index (χ4v) is 1.95. The number of benzene rings is 2. The lowest BCUT2D eigenvalue weighted by molar-refractivity contribution is -0.384. The van der Waals surface area contributed by atoms with E-state index < -0.39 is 10.7 Å². The normalized spacial score (nSPS) is 10.4. The Morgan fingerprint density at radius 1 is 1.00 bits per heavy atom. The average molecular weight is 295 g/mol. The van der Waals surface area contributed by atoms with Crippen LogP contribution in [0.2, 0.25) is 0 Å². The molecule has 0 saturated heterocycles. The summed E-state index contributed by atoms with van der Waals surface area (Å²) in [6.07, 6.45) is 0. The number of aromatic nitrogens is 2. The number of carbonyl (C=O) groups excluding carboxylic acids is 1.